The normalized spacial score (nSPS) is 11.6. The lowest BCUT2D eigenvalue weighted by Gasteiger charge is -2.20. The molecule has 0 fully saturated rings. The fraction of sp³-hybridized carbons (Fsp3) is 0.308. The van der Waals surface area contributed by atoms with Gasteiger partial charge < -0.3 is 9.76 Å². The molecule has 1 aromatic carbocycles. The highest BCUT2D eigenvalue weighted by Crippen LogP contribution is 2.16. The maximum Gasteiger partial charge on any atom is 0.418 e. The van der Waals surface area contributed by atoms with Gasteiger partial charge in [0.05, 0.1) is 5.52 Å². The van der Waals surface area contributed by atoms with Crippen LogP contribution in [-0.4, -0.2) is 28.8 Å². The highest BCUT2D eigenvalue weighted by molar-refractivity contribution is 6.46. The van der Waals surface area contributed by atoms with Crippen molar-refractivity contribution in [2.75, 3.05) is 0 Å². The van der Waals surface area contributed by atoms with E-state index in [1.807, 2.05) is 45.0 Å². The van der Waals surface area contributed by atoms with Gasteiger partial charge in [0, 0.05) is 5.59 Å². The molecule has 1 N–H and O–H groups in total. The molecule has 2 aromatic rings. The predicted octanol–water partition coefficient (Wildman–Crippen LogP) is 1.39. The predicted molar refractivity (Wildman–Crippen MR) is 72.6 cm³/mol. The maximum absolute atomic E-state index is 12.1. The van der Waals surface area contributed by atoms with Gasteiger partial charge in [0.15, 0.2) is 0 Å². The van der Waals surface area contributed by atoms with Crippen LogP contribution in [0.1, 0.15) is 20.8 Å². The second kappa shape index (κ2) is 4.50. The Morgan fingerprint density at radius 2 is 2.00 bits per heavy atom. The second-order valence-electron chi connectivity index (χ2n) is 5.17. The Morgan fingerprint density at radius 1 is 1.33 bits per heavy atom. The number of fused-ring (bicyclic) bond motifs is 1. The van der Waals surface area contributed by atoms with Crippen LogP contribution in [0.4, 0.5) is 4.79 Å². The summed E-state index contributed by atoms with van der Waals surface area (Å²) >= 11 is 0. The lowest BCUT2D eigenvalue weighted by atomic mass is 9.96. The van der Waals surface area contributed by atoms with Crippen LogP contribution in [0, 0.1) is 0 Å². The molecule has 0 saturated carbocycles. The second-order valence-corrected chi connectivity index (χ2v) is 5.17. The molecule has 4 nitrogen and oxygen atoms in total. The summed E-state index contributed by atoms with van der Waals surface area (Å²) in [5, 5.41) is 10.2. The molecule has 0 bridgehead atoms. The minimum Gasteiger partial charge on any atom is -0.448 e. The zero-order chi connectivity index (χ0) is 13.3. The number of hydrogen-bond donors (Lipinski definition) is 1. The lowest BCUT2D eigenvalue weighted by molar-refractivity contribution is 0.0549. The molecule has 5 heteroatoms. The topological polar surface area (TPSA) is 51.5 Å². The molecule has 0 aliphatic heterocycles. The number of benzene rings is 1. The number of carbonyl (C=O) groups is 1. The van der Waals surface area contributed by atoms with Crippen molar-refractivity contribution in [3.8, 4) is 0 Å². The van der Waals surface area contributed by atoms with Crippen molar-refractivity contribution >= 4 is 30.1 Å². The molecule has 94 valence electrons. The van der Waals surface area contributed by atoms with Crippen molar-refractivity contribution in [1.29, 1.82) is 0 Å². The molecule has 0 saturated heterocycles. The molecule has 0 amide bonds. The third kappa shape index (κ3) is 2.41. The number of carbonyl (C=O) groups excluding carboxylic acids is 1. The van der Waals surface area contributed by atoms with E-state index in [1.54, 1.807) is 6.07 Å². The van der Waals surface area contributed by atoms with E-state index in [0.717, 1.165) is 10.9 Å². The Bertz CT molecular complexity index is 583. The van der Waals surface area contributed by atoms with Crippen LogP contribution in [-0.2, 0) is 4.74 Å². The van der Waals surface area contributed by atoms with Gasteiger partial charge in [0.2, 0.25) is 0 Å². The van der Waals surface area contributed by atoms with Gasteiger partial charge in [0.25, 0.3) is 0 Å². The van der Waals surface area contributed by atoms with E-state index in [0.29, 0.717) is 5.59 Å². The first-order valence-electron chi connectivity index (χ1n) is 5.86. The Labute approximate surface area is 106 Å². The summed E-state index contributed by atoms with van der Waals surface area (Å²) < 4.78 is 6.76. The molecular weight excluding hydrogens is 229 g/mol. The number of ether oxygens (including phenoxy) is 1. The van der Waals surface area contributed by atoms with Gasteiger partial charge in [0.1, 0.15) is 5.60 Å². The molecule has 18 heavy (non-hydrogen) atoms. The Kier molecular flexibility index (Phi) is 3.17. The van der Waals surface area contributed by atoms with E-state index in [2.05, 4.69) is 0 Å². The van der Waals surface area contributed by atoms with E-state index in [4.69, 9.17) is 4.74 Å². The first-order valence-corrected chi connectivity index (χ1v) is 5.86. The van der Waals surface area contributed by atoms with Crippen molar-refractivity contribution in [1.82, 2.24) is 4.57 Å². The van der Waals surface area contributed by atoms with E-state index in [1.165, 1.54) is 4.57 Å². The van der Waals surface area contributed by atoms with Crippen molar-refractivity contribution in [3.05, 3.63) is 30.3 Å². The number of rotatable bonds is 1. The molecule has 0 aliphatic carbocycles. The van der Waals surface area contributed by atoms with Gasteiger partial charge in [-0.3, -0.25) is 4.57 Å². The standard InChI is InChI=1S/C13H16BNO3/c1-13(2,3)18-12(16)15-10-7-5-4-6-9(10)8-11(15)14-17/h4-8,14,17H,1-3H3. The van der Waals surface area contributed by atoms with Crippen molar-refractivity contribution in [2.24, 2.45) is 0 Å². The molecule has 0 spiro atoms. The fourth-order valence-electron chi connectivity index (χ4n) is 1.85. The van der Waals surface area contributed by atoms with E-state index in [9.17, 15) is 9.82 Å². The molecule has 0 unspecified atom stereocenters. The third-order valence-electron chi connectivity index (χ3n) is 2.53. The van der Waals surface area contributed by atoms with Crippen LogP contribution >= 0.6 is 0 Å². The molecular formula is C13H16BNO3. The SMILES string of the molecule is CC(C)(C)OC(=O)n1c(BO)cc2ccccc21. The van der Waals surface area contributed by atoms with Crippen molar-refractivity contribution in [3.63, 3.8) is 0 Å². The summed E-state index contributed by atoms with van der Waals surface area (Å²) in [4.78, 5) is 12.1. The molecule has 0 atom stereocenters. The average Bonchev–Trinajstić information content (AvgIpc) is 2.64. The molecule has 0 radical (unpaired) electrons. The smallest absolute Gasteiger partial charge is 0.418 e. The first-order chi connectivity index (χ1) is 8.42. The largest absolute Gasteiger partial charge is 0.448 e. The fourth-order valence-corrected chi connectivity index (χ4v) is 1.85. The van der Waals surface area contributed by atoms with Gasteiger partial charge in [-0.1, -0.05) is 18.2 Å². The van der Waals surface area contributed by atoms with Crippen LogP contribution in [0.3, 0.4) is 0 Å². The minimum atomic E-state index is -0.560. The number of para-hydroxylation sites is 1. The Hall–Kier alpha value is -1.75. The minimum absolute atomic E-state index is 0.200. The van der Waals surface area contributed by atoms with E-state index >= 15 is 0 Å². The Morgan fingerprint density at radius 3 is 2.61 bits per heavy atom. The van der Waals surface area contributed by atoms with Crippen molar-refractivity contribution < 1.29 is 14.6 Å². The van der Waals surface area contributed by atoms with Gasteiger partial charge in [-0.05, 0) is 38.3 Å². The Balaban J connectivity index is 2.51. The monoisotopic (exact) mass is 245 g/mol. The highest BCUT2D eigenvalue weighted by Gasteiger charge is 2.21. The quantitative estimate of drug-likeness (QED) is 0.772. The number of aromatic nitrogens is 1. The van der Waals surface area contributed by atoms with Crippen LogP contribution in [0.2, 0.25) is 0 Å². The summed E-state index contributed by atoms with van der Waals surface area (Å²) in [6.07, 6.45) is -0.465. The zero-order valence-corrected chi connectivity index (χ0v) is 10.8. The van der Waals surface area contributed by atoms with E-state index < -0.39 is 11.7 Å². The maximum atomic E-state index is 12.1. The first kappa shape index (κ1) is 12.7. The summed E-state index contributed by atoms with van der Waals surface area (Å²) in [5.74, 6) is 0. The third-order valence-corrected chi connectivity index (χ3v) is 2.53. The summed E-state index contributed by atoms with van der Waals surface area (Å²) in [6.45, 7) is 5.44. The van der Waals surface area contributed by atoms with E-state index in [-0.39, 0.29) is 7.48 Å². The summed E-state index contributed by atoms with van der Waals surface area (Å²) in [5.41, 5.74) is 0.719. The number of nitrogens with zero attached hydrogens (tertiary/aromatic N) is 1. The average molecular weight is 245 g/mol. The highest BCUT2D eigenvalue weighted by atomic mass is 16.6. The molecule has 1 aromatic heterocycles. The van der Waals surface area contributed by atoms with Crippen LogP contribution < -0.4 is 5.59 Å². The molecule has 2 rings (SSSR count). The lowest BCUT2D eigenvalue weighted by Crippen LogP contribution is -2.34. The van der Waals surface area contributed by atoms with Crippen LogP contribution in [0.5, 0.6) is 0 Å². The van der Waals surface area contributed by atoms with Gasteiger partial charge >= 0.3 is 13.6 Å². The van der Waals surface area contributed by atoms with Gasteiger partial charge in [-0.15, -0.1) is 0 Å². The number of hydrogen-bond acceptors (Lipinski definition) is 3. The van der Waals surface area contributed by atoms with Gasteiger partial charge in [-0.25, -0.2) is 4.79 Å². The molecule has 0 aliphatic rings. The van der Waals surface area contributed by atoms with Crippen LogP contribution in [0.15, 0.2) is 30.3 Å². The molecule has 1 heterocycles. The van der Waals surface area contributed by atoms with Gasteiger partial charge in [-0.2, -0.15) is 0 Å². The zero-order valence-electron chi connectivity index (χ0n) is 10.8. The summed E-state index contributed by atoms with van der Waals surface area (Å²) in [6, 6.07) is 9.26. The van der Waals surface area contributed by atoms with Crippen LogP contribution in [0.25, 0.3) is 10.9 Å². The van der Waals surface area contributed by atoms with Crippen molar-refractivity contribution in [2.45, 2.75) is 26.4 Å². The summed E-state index contributed by atoms with van der Waals surface area (Å²) in [7, 11) is -0.200.